The first-order chi connectivity index (χ1) is 8.82. The van der Waals surface area contributed by atoms with Crippen molar-refractivity contribution in [2.24, 2.45) is 5.92 Å². The Labute approximate surface area is 125 Å². The predicted molar refractivity (Wildman–Crippen MR) is 91.8 cm³/mol. The van der Waals surface area contributed by atoms with Gasteiger partial charge in [0, 0.05) is 0 Å². The van der Waals surface area contributed by atoms with Crippen molar-refractivity contribution in [1.29, 1.82) is 0 Å². The van der Waals surface area contributed by atoms with Gasteiger partial charge in [0.15, 0.2) is 0 Å². The quantitative estimate of drug-likeness (QED) is 0.539. The summed E-state index contributed by atoms with van der Waals surface area (Å²) < 4.78 is 1.90. The van der Waals surface area contributed by atoms with Crippen molar-refractivity contribution in [1.82, 2.24) is 0 Å². The van der Waals surface area contributed by atoms with E-state index in [2.05, 4.69) is 35.6 Å². The molecule has 2 bridgehead atoms. The topological polar surface area (TPSA) is 0 Å². The second-order valence-corrected chi connectivity index (χ2v) is 23.4. The molecule has 19 heavy (non-hydrogen) atoms. The van der Waals surface area contributed by atoms with Crippen LogP contribution >= 0.6 is 0 Å². The Morgan fingerprint density at radius 2 is 1.37 bits per heavy atom. The van der Waals surface area contributed by atoms with E-state index in [0.29, 0.717) is 0 Å². The normalized spacial score (nSPS) is 29.5. The Bertz CT molecular complexity index is 329. The fourth-order valence-corrected chi connectivity index (χ4v) is 8.46. The average molecular weight is 367 g/mol. The molecule has 0 nitrogen and oxygen atoms in total. The van der Waals surface area contributed by atoms with Crippen molar-refractivity contribution >= 4 is 25.1 Å². The Morgan fingerprint density at radius 3 is 1.68 bits per heavy atom. The molecule has 2 aliphatic rings. The van der Waals surface area contributed by atoms with Gasteiger partial charge in [0.2, 0.25) is 0 Å². The number of hydrogen-bond acceptors (Lipinski definition) is 0. The van der Waals surface area contributed by atoms with Gasteiger partial charge < -0.3 is 0 Å². The van der Waals surface area contributed by atoms with Crippen LogP contribution in [-0.4, -0.2) is 25.1 Å². The molecule has 108 valence electrons. The molecule has 0 spiro atoms. The molecule has 2 heterocycles. The Balaban J connectivity index is 2.39. The molecule has 0 aromatic heterocycles. The van der Waals surface area contributed by atoms with Gasteiger partial charge in [-0.05, 0) is 0 Å². The van der Waals surface area contributed by atoms with E-state index in [-0.39, 0.29) is 0 Å². The third-order valence-electron chi connectivity index (χ3n) is 5.85. The van der Waals surface area contributed by atoms with Crippen LogP contribution in [0, 0.1) is 5.92 Å². The zero-order valence-electron chi connectivity index (χ0n) is 14.1. The summed E-state index contributed by atoms with van der Waals surface area (Å²) in [6.07, 6.45) is 9.09. The molecule has 0 N–H and O–H groups in total. The predicted octanol–water partition coefficient (Wildman–Crippen LogP) is 5.98. The molecule has 0 aliphatic carbocycles. The third-order valence-corrected chi connectivity index (χ3v) is 13.1. The van der Waals surface area contributed by atoms with Gasteiger partial charge in [0.05, 0.1) is 0 Å². The second-order valence-electron chi connectivity index (χ2n) is 8.39. The maximum atomic E-state index is 2.60. The summed E-state index contributed by atoms with van der Waals surface area (Å²) in [7, 11) is 0. The van der Waals surface area contributed by atoms with Crippen molar-refractivity contribution in [2.45, 2.75) is 85.7 Å². The SMILES string of the molecule is C/[C](=C(/B1C2CCCC1CCC2)C(C)C)[Sn]([CH3])([CH3])[CH3]. The summed E-state index contributed by atoms with van der Waals surface area (Å²) in [4.78, 5) is 7.81. The fraction of sp³-hybridized carbons (Fsp3) is 0.882. The van der Waals surface area contributed by atoms with Crippen LogP contribution < -0.4 is 0 Å². The summed E-state index contributed by atoms with van der Waals surface area (Å²) in [5, 5.41) is 0. The summed E-state index contributed by atoms with van der Waals surface area (Å²) in [5.41, 5.74) is 1.93. The van der Waals surface area contributed by atoms with Gasteiger partial charge in [-0.3, -0.25) is 0 Å². The number of allylic oxidation sites excluding steroid dienone is 2. The molecule has 0 saturated carbocycles. The molecule has 2 aliphatic heterocycles. The standard InChI is InChI=1S/C14H24B.3CH3.Sn/c1-4-14(11(2)3)15-12-7-5-8-13(15)10-6-9-12;;;;/h11-13H,5-10H2,1-3H3;3*1H3;. The Kier molecular flexibility index (Phi) is 5.18. The van der Waals surface area contributed by atoms with Crippen LogP contribution in [0.5, 0.6) is 0 Å². The summed E-state index contributed by atoms with van der Waals surface area (Å²) in [5.74, 6) is 2.85. The number of rotatable bonds is 3. The van der Waals surface area contributed by atoms with E-state index in [0.717, 1.165) is 24.3 Å². The van der Waals surface area contributed by atoms with E-state index in [1.165, 1.54) is 38.5 Å². The van der Waals surface area contributed by atoms with Gasteiger partial charge >= 0.3 is 126 Å². The molecule has 2 rings (SSSR count). The van der Waals surface area contributed by atoms with Gasteiger partial charge in [0.25, 0.3) is 0 Å². The molecule has 0 aromatic rings. The molecule has 2 saturated heterocycles. The van der Waals surface area contributed by atoms with Crippen LogP contribution in [0.4, 0.5) is 0 Å². The van der Waals surface area contributed by atoms with Gasteiger partial charge in [-0.2, -0.15) is 0 Å². The second kappa shape index (κ2) is 6.16. The first-order valence-corrected chi connectivity index (χ1v) is 18.5. The van der Waals surface area contributed by atoms with Gasteiger partial charge in [-0.25, -0.2) is 0 Å². The summed E-state index contributed by atoms with van der Waals surface area (Å²) in [6.45, 7) is 8.40. The first kappa shape index (κ1) is 16.0. The van der Waals surface area contributed by atoms with Gasteiger partial charge in [0.1, 0.15) is 0 Å². The maximum absolute atomic E-state index is 2.60. The minimum atomic E-state index is -1.90. The van der Waals surface area contributed by atoms with Crippen LogP contribution in [0.1, 0.15) is 59.3 Å². The Hall–Kier alpha value is 0.604. The molecular formula is C17H33BSn. The van der Waals surface area contributed by atoms with Crippen LogP contribution in [0.3, 0.4) is 0 Å². The zero-order chi connectivity index (χ0) is 14.2. The summed E-state index contributed by atoms with van der Waals surface area (Å²) in [6, 6.07) is 0. The minimum absolute atomic E-state index is 0.780. The van der Waals surface area contributed by atoms with E-state index in [9.17, 15) is 0 Å². The van der Waals surface area contributed by atoms with Crippen molar-refractivity contribution in [2.75, 3.05) is 0 Å². The van der Waals surface area contributed by atoms with Crippen LogP contribution in [-0.2, 0) is 0 Å². The number of fused-ring (bicyclic) bond motifs is 2. The number of hydrogen-bond donors (Lipinski definition) is 0. The molecule has 0 radical (unpaired) electrons. The Morgan fingerprint density at radius 1 is 0.947 bits per heavy atom. The van der Waals surface area contributed by atoms with Crippen LogP contribution in [0.15, 0.2) is 9.06 Å². The van der Waals surface area contributed by atoms with Crippen molar-refractivity contribution in [3.8, 4) is 0 Å². The van der Waals surface area contributed by atoms with Crippen molar-refractivity contribution < 1.29 is 0 Å². The molecule has 0 aromatic carbocycles. The fourth-order valence-electron chi connectivity index (χ4n) is 4.69. The van der Waals surface area contributed by atoms with Crippen LogP contribution in [0.2, 0.25) is 26.5 Å². The van der Waals surface area contributed by atoms with E-state index < -0.39 is 18.4 Å². The van der Waals surface area contributed by atoms with Gasteiger partial charge in [-0.15, -0.1) is 0 Å². The molecule has 0 atom stereocenters. The van der Waals surface area contributed by atoms with Gasteiger partial charge in [-0.1, -0.05) is 0 Å². The van der Waals surface area contributed by atoms with E-state index in [1.54, 1.807) is 0 Å². The molecular weight excluding hydrogens is 334 g/mol. The molecule has 0 amide bonds. The molecule has 2 heteroatoms. The van der Waals surface area contributed by atoms with E-state index in [1.807, 2.05) is 9.06 Å². The van der Waals surface area contributed by atoms with E-state index in [4.69, 9.17) is 0 Å². The third kappa shape index (κ3) is 3.44. The molecule has 0 unspecified atom stereocenters. The van der Waals surface area contributed by atoms with Crippen molar-refractivity contribution in [3.63, 3.8) is 0 Å². The van der Waals surface area contributed by atoms with Crippen molar-refractivity contribution in [3.05, 3.63) is 9.06 Å². The zero-order valence-corrected chi connectivity index (χ0v) is 16.9. The first-order valence-electron chi connectivity index (χ1n) is 8.53. The van der Waals surface area contributed by atoms with E-state index >= 15 is 0 Å². The summed E-state index contributed by atoms with van der Waals surface area (Å²) >= 11 is -1.90. The van der Waals surface area contributed by atoms with Crippen LogP contribution in [0.25, 0.3) is 0 Å². The average Bonchev–Trinajstić information content (AvgIpc) is 2.26. The molecule has 2 fully saturated rings. The monoisotopic (exact) mass is 368 g/mol.